The topological polar surface area (TPSA) is 59.1 Å². The van der Waals surface area contributed by atoms with Gasteiger partial charge in [-0.2, -0.15) is 0 Å². The monoisotopic (exact) mass is 342 g/mol. The van der Waals surface area contributed by atoms with Gasteiger partial charge < -0.3 is 15.4 Å². The summed E-state index contributed by atoms with van der Waals surface area (Å²) in [5.74, 6) is 0.504. The first-order valence-electron chi connectivity index (χ1n) is 7.52. The molecule has 1 aromatic heterocycles. The fourth-order valence-corrected chi connectivity index (χ4v) is 2.24. The Bertz CT molecular complexity index is 885. The van der Waals surface area contributed by atoms with Gasteiger partial charge in [0, 0.05) is 23.5 Å². The summed E-state index contributed by atoms with van der Waals surface area (Å²) in [6.07, 6.45) is 0. The van der Waals surface area contributed by atoms with E-state index in [-0.39, 0.29) is 0 Å². The molecule has 0 aliphatic carbocycles. The summed E-state index contributed by atoms with van der Waals surface area (Å²) in [4.78, 5) is 8.57. The number of anilines is 4. The van der Waals surface area contributed by atoms with Gasteiger partial charge in [0.05, 0.1) is 7.11 Å². The second kappa shape index (κ2) is 7.12. The quantitative estimate of drug-likeness (QED) is 0.712. The number of hydrogen-bond acceptors (Lipinski definition) is 5. The molecule has 5 nitrogen and oxygen atoms in total. The molecule has 0 spiro atoms. The van der Waals surface area contributed by atoms with Crippen LogP contribution in [0.25, 0.3) is 0 Å². The molecule has 25 heavy (non-hydrogen) atoms. The van der Waals surface area contributed by atoms with Crippen LogP contribution in [0.15, 0.2) is 48.5 Å². The van der Waals surface area contributed by atoms with Crippen LogP contribution in [0.1, 0.15) is 5.82 Å². The van der Waals surface area contributed by atoms with E-state index < -0.39 is 11.6 Å². The van der Waals surface area contributed by atoms with Crippen LogP contribution in [0.3, 0.4) is 0 Å². The number of halogens is 2. The van der Waals surface area contributed by atoms with Crippen LogP contribution in [0.4, 0.5) is 31.8 Å². The summed E-state index contributed by atoms with van der Waals surface area (Å²) in [6.45, 7) is 1.75. The summed E-state index contributed by atoms with van der Waals surface area (Å²) >= 11 is 0. The molecule has 7 heteroatoms. The zero-order chi connectivity index (χ0) is 17.8. The minimum atomic E-state index is -0.924. The Hall–Kier alpha value is -3.22. The number of hydrogen-bond donors (Lipinski definition) is 2. The van der Waals surface area contributed by atoms with Crippen molar-refractivity contribution in [1.82, 2.24) is 9.97 Å². The second-order valence-electron chi connectivity index (χ2n) is 5.29. The van der Waals surface area contributed by atoms with Gasteiger partial charge in [0.25, 0.3) is 0 Å². The molecule has 0 aliphatic rings. The van der Waals surface area contributed by atoms with Crippen molar-refractivity contribution in [2.45, 2.75) is 6.92 Å². The van der Waals surface area contributed by atoms with Gasteiger partial charge in [0.1, 0.15) is 23.2 Å². The predicted molar refractivity (Wildman–Crippen MR) is 92.7 cm³/mol. The zero-order valence-corrected chi connectivity index (χ0v) is 13.7. The van der Waals surface area contributed by atoms with Crippen LogP contribution in [-0.4, -0.2) is 17.1 Å². The van der Waals surface area contributed by atoms with Crippen molar-refractivity contribution >= 4 is 23.0 Å². The van der Waals surface area contributed by atoms with E-state index in [1.807, 2.05) is 24.3 Å². The lowest BCUT2D eigenvalue weighted by molar-refractivity contribution is 0.415. The molecule has 0 unspecified atom stereocenters. The first-order valence-corrected chi connectivity index (χ1v) is 7.52. The first kappa shape index (κ1) is 16.6. The molecule has 2 N–H and O–H groups in total. The summed E-state index contributed by atoms with van der Waals surface area (Å²) in [5, 5.41) is 6.10. The lowest BCUT2D eigenvalue weighted by Gasteiger charge is -2.11. The highest BCUT2D eigenvalue weighted by Gasteiger charge is 2.06. The van der Waals surface area contributed by atoms with E-state index >= 15 is 0 Å². The van der Waals surface area contributed by atoms with Gasteiger partial charge in [-0.25, -0.2) is 18.7 Å². The number of aromatic nitrogens is 2. The van der Waals surface area contributed by atoms with Gasteiger partial charge >= 0.3 is 0 Å². The van der Waals surface area contributed by atoms with Crippen molar-refractivity contribution in [3.63, 3.8) is 0 Å². The van der Waals surface area contributed by atoms with E-state index in [0.29, 0.717) is 23.1 Å². The largest absolute Gasteiger partial charge is 0.497 e. The molecule has 0 fully saturated rings. The molecule has 0 amide bonds. The van der Waals surface area contributed by atoms with Crippen molar-refractivity contribution < 1.29 is 13.5 Å². The van der Waals surface area contributed by atoms with Crippen molar-refractivity contribution in [1.29, 1.82) is 0 Å². The Balaban J connectivity index is 1.80. The van der Waals surface area contributed by atoms with E-state index in [1.165, 1.54) is 6.07 Å². The van der Waals surface area contributed by atoms with Crippen LogP contribution in [0.5, 0.6) is 5.75 Å². The minimum absolute atomic E-state index is 0.396. The van der Waals surface area contributed by atoms with E-state index in [4.69, 9.17) is 4.74 Å². The first-order chi connectivity index (χ1) is 12.0. The lowest BCUT2D eigenvalue weighted by atomic mass is 10.3. The smallest absolute Gasteiger partial charge is 0.160 e. The van der Waals surface area contributed by atoms with Gasteiger partial charge in [-0.05, 0) is 43.3 Å². The van der Waals surface area contributed by atoms with Crippen molar-refractivity contribution in [3.8, 4) is 5.75 Å². The van der Waals surface area contributed by atoms with Gasteiger partial charge in [-0.15, -0.1) is 0 Å². The third-order valence-electron chi connectivity index (χ3n) is 3.39. The molecule has 3 rings (SSSR count). The highest BCUT2D eigenvalue weighted by atomic mass is 19.2. The Kier molecular flexibility index (Phi) is 4.74. The molecule has 0 radical (unpaired) electrons. The SMILES string of the molecule is COc1ccc(Nc2cc(Nc3ccc(F)c(F)c3)nc(C)n2)cc1. The molecule has 128 valence electrons. The van der Waals surface area contributed by atoms with E-state index in [9.17, 15) is 8.78 Å². The predicted octanol–water partition coefficient (Wildman–Crippen LogP) is 4.56. The van der Waals surface area contributed by atoms with Crippen LogP contribution in [0, 0.1) is 18.6 Å². The van der Waals surface area contributed by atoms with Crippen LogP contribution < -0.4 is 15.4 Å². The average molecular weight is 342 g/mol. The van der Waals surface area contributed by atoms with E-state index in [2.05, 4.69) is 20.6 Å². The van der Waals surface area contributed by atoms with Crippen molar-refractivity contribution in [2.75, 3.05) is 17.7 Å². The molecule has 0 atom stereocenters. The Morgan fingerprint density at radius 2 is 1.40 bits per heavy atom. The maximum Gasteiger partial charge on any atom is 0.160 e. The van der Waals surface area contributed by atoms with Crippen molar-refractivity contribution in [3.05, 3.63) is 66.0 Å². The van der Waals surface area contributed by atoms with Crippen LogP contribution >= 0.6 is 0 Å². The molecule has 1 heterocycles. The molecule has 0 saturated heterocycles. The summed E-state index contributed by atoms with van der Waals surface area (Å²) < 4.78 is 31.5. The number of rotatable bonds is 5. The number of nitrogens with zero attached hydrogens (tertiary/aromatic N) is 2. The summed E-state index contributed by atoms with van der Waals surface area (Å²) in [5.41, 5.74) is 1.23. The van der Waals surface area contributed by atoms with Gasteiger partial charge in [-0.3, -0.25) is 0 Å². The fourth-order valence-electron chi connectivity index (χ4n) is 2.24. The lowest BCUT2D eigenvalue weighted by Crippen LogP contribution is -2.02. The van der Waals surface area contributed by atoms with Gasteiger partial charge in [0.15, 0.2) is 11.6 Å². The number of nitrogens with one attached hydrogen (secondary N) is 2. The van der Waals surface area contributed by atoms with Crippen LogP contribution in [-0.2, 0) is 0 Å². The molecular weight excluding hydrogens is 326 g/mol. The normalized spacial score (nSPS) is 10.4. The highest BCUT2D eigenvalue weighted by molar-refractivity contribution is 5.63. The molecule has 2 aromatic carbocycles. The maximum atomic E-state index is 13.3. The Morgan fingerprint density at radius 1 is 0.800 bits per heavy atom. The zero-order valence-electron chi connectivity index (χ0n) is 13.7. The third kappa shape index (κ3) is 4.20. The number of benzene rings is 2. The van der Waals surface area contributed by atoms with E-state index in [1.54, 1.807) is 20.1 Å². The maximum absolute atomic E-state index is 13.3. The molecule has 0 bridgehead atoms. The van der Waals surface area contributed by atoms with Gasteiger partial charge in [-0.1, -0.05) is 0 Å². The standard InChI is InChI=1S/C18H16F2N4O/c1-11-21-17(23-12-3-6-14(25-2)7-4-12)10-18(22-11)24-13-5-8-15(19)16(20)9-13/h3-10H,1-2H3,(H2,21,22,23,24). The number of ether oxygens (including phenoxy) is 1. The molecule has 0 aliphatic heterocycles. The Morgan fingerprint density at radius 3 is 2.00 bits per heavy atom. The minimum Gasteiger partial charge on any atom is -0.497 e. The fraction of sp³-hybridized carbons (Fsp3) is 0.111. The van der Waals surface area contributed by atoms with E-state index in [0.717, 1.165) is 23.6 Å². The molecule has 0 saturated carbocycles. The molecule has 3 aromatic rings. The molecular formula is C18H16F2N4O. The number of methoxy groups -OCH3 is 1. The summed E-state index contributed by atoms with van der Waals surface area (Å²) in [7, 11) is 1.60. The van der Waals surface area contributed by atoms with Gasteiger partial charge in [0.2, 0.25) is 0 Å². The highest BCUT2D eigenvalue weighted by Crippen LogP contribution is 2.22. The average Bonchev–Trinajstić information content (AvgIpc) is 2.58. The second-order valence-corrected chi connectivity index (χ2v) is 5.29. The van der Waals surface area contributed by atoms with Crippen molar-refractivity contribution in [2.24, 2.45) is 0 Å². The number of aryl methyl sites for hydroxylation is 1. The van der Waals surface area contributed by atoms with Crippen LogP contribution in [0.2, 0.25) is 0 Å². The summed E-state index contributed by atoms with van der Waals surface area (Å²) in [6, 6.07) is 12.6. The Labute approximate surface area is 143 Å². The third-order valence-corrected chi connectivity index (χ3v) is 3.39.